The Balaban J connectivity index is 1.23. The van der Waals surface area contributed by atoms with Crippen molar-refractivity contribution < 1.29 is 9.29 Å². The fraction of sp³-hybridized carbons (Fsp3) is 0.696. The number of hydrogen-bond acceptors (Lipinski definition) is 9. The summed E-state index contributed by atoms with van der Waals surface area (Å²) in [5.74, 6) is 0.867. The van der Waals surface area contributed by atoms with Crippen LogP contribution < -0.4 is 9.62 Å². The second-order valence-electron chi connectivity index (χ2n) is 11.1. The minimum absolute atomic E-state index is 0.0465. The molecule has 0 aliphatic carbocycles. The van der Waals surface area contributed by atoms with Gasteiger partial charge in [-0.2, -0.15) is 5.10 Å². The Morgan fingerprint density at radius 3 is 2.75 bits per heavy atom. The maximum Gasteiger partial charge on any atom is 0.182 e. The second-order valence-corrected chi connectivity index (χ2v) is 14.1. The van der Waals surface area contributed by atoms with E-state index in [9.17, 15) is 4.55 Å². The highest BCUT2D eigenvalue weighted by Gasteiger charge is 2.52. The van der Waals surface area contributed by atoms with Crippen molar-refractivity contribution in [1.29, 1.82) is 0 Å². The fourth-order valence-corrected chi connectivity index (χ4v) is 7.10. The molecular formula is C23H32IN9O2S. The van der Waals surface area contributed by atoms with E-state index in [4.69, 9.17) is 19.8 Å². The molecule has 0 bridgehead atoms. The first kappa shape index (κ1) is 24.8. The highest BCUT2D eigenvalue weighted by Crippen LogP contribution is 2.49. The Kier molecular flexibility index (Phi) is 6.42. The van der Waals surface area contributed by atoms with Gasteiger partial charge in [-0.05, 0) is 75.5 Å². The van der Waals surface area contributed by atoms with Gasteiger partial charge in [0.25, 0.3) is 0 Å². The molecule has 11 nitrogen and oxygen atoms in total. The predicted octanol–water partition coefficient (Wildman–Crippen LogP) is 3.11. The molecule has 0 saturated carbocycles. The van der Waals surface area contributed by atoms with Crippen molar-refractivity contribution in [3.8, 4) is 0 Å². The number of hydrogen-bond donors (Lipinski definition) is 1. The minimum Gasteiger partial charge on any atom is -0.598 e. The summed E-state index contributed by atoms with van der Waals surface area (Å²) in [6.07, 6.45) is 8.62. The Labute approximate surface area is 227 Å². The van der Waals surface area contributed by atoms with Gasteiger partial charge in [0.1, 0.15) is 22.1 Å². The molecule has 3 aromatic heterocycles. The van der Waals surface area contributed by atoms with Gasteiger partial charge in [-0.1, -0.05) is 5.21 Å². The van der Waals surface area contributed by atoms with Crippen molar-refractivity contribution in [2.75, 3.05) is 24.6 Å². The number of rotatable bonds is 4. The van der Waals surface area contributed by atoms with E-state index < -0.39 is 11.4 Å². The summed E-state index contributed by atoms with van der Waals surface area (Å²) >= 11 is 1.04. The third-order valence-corrected chi connectivity index (χ3v) is 9.95. The molecule has 1 unspecified atom stereocenters. The third-order valence-electron chi connectivity index (χ3n) is 7.66. The highest BCUT2D eigenvalue weighted by molar-refractivity contribution is 14.1. The first-order chi connectivity index (χ1) is 17.2. The van der Waals surface area contributed by atoms with Gasteiger partial charge in [-0.15, -0.1) is 9.82 Å². The van der Waals surface area contributed by atoms with Gasteiger partial charge in [0.05, 0.1) is 24.6 Å². The van der Waals surface area contributed by atoms with Crippen LogP contribution in [0.1, 0.15) is 70.8 Å². The zero-order chi connectivity index (χ0) is 25.1. The molecule has 3 aliphatic rings. The number of nitrogens with zero attached hydrogens (tertiary/aromatic N) is 8. The number of ether oxygens (including phenoxy) is 1. The Morgan fingerprint density at radius 2 is 2.03 bits per heavy atom. The number of aromatic nitrogens is 7. The zero-order valence-corrected chi connectivity index (χ0v) is 23.8. The van der Waals surface area contributed by atoms with Gasteiger partial charge in [-0.25, -0.2) is 19.3 Å². The summed E-state index contributed by atoms with van der Waals surface area (Å²) in [5, 5.41) is 13.1. The molecule has 36 heavy (non-hydrogen) atoms. The summed E-state index contributed by atoms with van der Waals surface area (Å²) < 4.78 is 26.9. The quantitative estimate of drug-likeness (QED) is 0.344. The summed E-state index contributed by atoms with van der Waals surface area (Å²) in [7, 11) is 0. The van der Waals surface area contributed by atoms with Crippen molar-refractivity contribution in [3.05, 3.63) is 21.8 Å². The Hall–Kier alpha value is -1.55. The predicted molar refractivity (Wildman–Crippen MR) is 145 cm³/mol. The largest absolute Gasteiger partial charge is 0.598 e. The van der Waals surface area contributed by atoms with Crippen LogP contribution in [0, 0.1) is 9.12 Å². The highest BCUT2D eigenvalue weighted by atomic mass is 127. The zero-order valence-electron chi connectivity index (χ0n) is 20.9. The fourth-order valence-electron chi connectivity index (χ4n) is 5.55. The van der Waals surface area contributed by atoms with E-state index in [0.29, 0.717) is 0 Å². The molecule has 3 atom stereocenters. The van der Waals surface area contributed by atoms with Crippen LogP contribution in [0.2, 0.25) is 0 Å². The lowest BCUT2D eigenvalue weighted by Crippen LogP contribution is -2.50. The number of anilines is 1. The molecule has 0 radical (unpaired) electrons. The Bertz CT molecular complexity index is 1240. The van der Waals surface area contributed by atoms with E-state index in [0.717, 1.165) is 84.7 Å². The smallest absolute Gasteiger partial charge is 0.182 e. The van der Waals surface area contributed by atoms with Crippen LogP contribution in [0.5, 0.6) is 0 Å². The molecule has 3 aromatic rings. The van der Waals surface area contributed by atoms with E-state index in [2.05, 4.69) is 42.5 Å². The molecule has 0 amide bonds. The van der Waals surface area contributed by atoms with Gasteiger partial charge < -0.3 is 14.2 Å². The number of halogens is 1. The lowest BCUT2D eigenvalue weighted by atomic mass is 9.74. The van der Waals surface area contributed by atoms with Gasteiger partial charge >= 0.3 is 0 Å². The summed E-state index contributed by atoms with van der Waals surface area (Å²) in [4.78, 5) is 12.1. The number of fused-ring (bicyclic) bond motifs is 2. The van der Waals surface area contributed by atoms with Crippen LogP contribution in [-0.2, 0) is 22.6 Å². The molecule has 6 rings (SSSR count). The maximum atomic E-state index is 13.1. The molecule has 0 aromatic carbocycles. The lowest BCUT2D eigenvalue weighted by molar-refractivity contribution is -0.0372. The molecule has 3 aliphatic heterocycles. The minimum atomic E-state index is -1.19. The average Bonchev–Trinajstić information content (AvgIpc) is 3.53. The number of piperidine rings is 1. The molecular weight excluding hydrogens is 593 g/mol. The lowest BCUT2D eigenvalue weighted by Gasteiger charge is -2.43. The summed E-state index contributed by atoms with van der Waals surface area (Å²) in [5.41, 5.74) is 2.57. The monoisotopic (exact) mass is 625 g/mol. The molecule has 6 heterocycles. The number of nitrogens with one attached hydrogen (secondary N) is 1. The van der Waals surface area contributed by atoms with E-state index in [-0.39, 0.29) is 22.4 Å². The molecule has 2 fully saturated rings. The van der Waals surface area contributed by atoms with Crippen molar-refractivity contribution >= 4 is 50.9 Å². The van der Waals surface area contributed by atoms with Crippen LogP contribution in [-0.4, -0.2) is 63.7 Å². The van der Waals surface area contributed by atoms with Crippen LogP contribution >= 0.6 is 22.6 Å². The van der Waals surface area contributed by atoms with Crippen LogP contribution in [0.4, 0.5) is 5.82 Å². The van der Waals surface area contributed by atoms with Crippen molar-refractivity contribution in [1.82, 2.24) is 39.5 Å². The van der Waals surface area contributed by atoms with Gasteiger partial charge in [0, 0.05) is 36.5 Å². The normalized spacial score (nSPS) is 25.0. The van der Waals surface area contributed by atoms with E-state index in [1.165, 1.54) is 0 Å². The van der Waals surface area contributed by atoms with Crippen molar-refractivity contribution in [2.24, 2.45) is 5.41 Å². The van der Waals surface area contributed by atoms with Crippen LogP contribution in [0.3, 0.4) is 0 Å². The van der Waals surface area contributed by atoms with E-state index in [1.807, 2.05) is 42.5 Å². The van der Waals surface area contributed by atoms with Gasteiger partial charge in [0.15, 0.2) is 15.6 Å². The van der Waals surface area contributed by atoms with Crippen molar-refractivity contribution in [3.63, 3.8) is 0 Å². The van der Waals surface area contributed by atoms with E-state index >= 15 is 0 Å². The second kappa shape index (κ2) is 9.33. The first-order valence-electron chi connectivity index (χ1n) is 12.6. The SMILES string of the molecule is CC(C)(C)[S@@+]([O-])N[C@@H]1c2cnnn2CC12CCN(c1cnc3c(I)nn(C4CCCCO4)c3n1)CC2. The van der Waals surface area contributed by atoms with Crippen LogP contribution in [0.25, 0.3) is 11.2 Å². The van der Waals surface area contributed by atoms with E-state index in [1.54, 1.807) is 0 Å². The van der Waals surface area contributed by atoms with Crippen molar-refractivity contribution in [2.45, 2.75) is 76.4 Å². The third kappa shape index (κ3) is 4.29. The average molecular weight is 626 g/mol. The van der Waals surface area contributed by atoms with Crippen LogP contribution in [0.15, 0.2) is 12.4 Å². The maximum absolute atomic E-state index is 13.1. The first-order valence-corrected chi connectivity index (χ1v) is 14.8. The standard InChI is InChI=1S/C23H32IN9O2S/c1-22(2,3)36(34)29-19-15-12-26-30-32(15)14-23(19)7-9-31(10-8-23)16-13-25-18-20(24)28-33(21(18)27-16)17-6-4-5-11-35-17/h12-13,17,19,29H,4-11,14H2,1-3H3/t17?,19-,36-/m1/s1. The topological polar surface area (TPSA) is 122 Å². The van der Waals surface area contributed by atoms with Gasteiger partial charge in [0.2, 0.25) is 0 Å². The van der Waals surface area contributed by atoms with Gasteiger partial charge in [-0.3, -0.25) is 0 Å². The molecule has 2 saturated heterocycles. The molecule has 194 valence electrons. The molecule has 1 N–H and O–H groups in total. The summed E-state index contributed by atoms with van der Waals surface area (Å²) in [6.45, 7) is 9.20. The summed E-state index contributed by atoms with van der Waals surface area (Å²) in [6, 6.07) is -0.0465. The Morgan fingerprint density at radius 1 is 1.22 bits per heavy atom. The molecule has 13 heteroatoms. The molecule has 1 spiro atoms.